The monoisotopic (exact) mass is 274 g/mol. The lowest BCUT2D eigenvalue weighted by Gasteiger charge is -2.14. The summed E-state index contributed by atoms with van der Waals surface area (Å²) < 4.78 is 39.4. The number of rotatable bonds is 7. The molecule has 0 heterocycles. The maximum absolute atomic E-state index is 13.3. The van der Waals surface area contributed by atoms with E-state index in [1.807, 2.05) is 6.92 Å². The number of hydrogen-bond donors (Lipinski definition) is 2. The number of halogens is 1. The van der Waals surface area contributed by atoms with Gasteiger partial charge in [-0.2, -0.15) is 0 Å². The van der Waals surface area contributed by atoms with Gasteiger partial charge in [0.1, 0.15) is 5.82 Å². The Morgan fingerprint density at radius 3 is 2.61 bits per heavy atom. The van der Waals surface area contributed by atoms with Crippen LogP contribution in [-0.4, -0.2) is 26.8 Å². The first kappa shape index (κ1) is 15.1. The second-order valence-electron chi connectivity index (χ2n) is 4.08. The van der Waals surface area contributed by atoms with E-state index in [1.165, 1.54) is 6.07 Å². The largest absolute Gasteiger partial charge is 0.316 e. The molecule has 1 atom stereocenters. The Morgan fingerprint density at radius 2 is 2.00 bits per heavy atom. The summed E-state index contributed by atoms with van der Waals surface area (Å²) in [5.41, 5.74) is 0.344. The Labute approximate surface area is 108 Å². The lowest BCUT2D eigenvalue weighted by Crippen LogP contribution is -2.38. The Kier molecular flexibility index (Phi) is 5.71. The van der Waals surface area contributed by atoms with E-state index >= 15 is 0 Å². The predicted octanol–water partition coefficient (Wildman–Crippen LogP) is 1.24. The van der Waals surface area contributed by atoms with Crippen LogP contribution in [0.2, 0.25) is 0 Å². The normalized spacial score (nSPS) is 13.5. The SMILES string of the molecule is CCNCC(C)S(=O)(=O)NCc1ccccc1F. The fourth-order valence-corrected chi connectivity index (χ4v) is 2.40. The lowest BCUT2D eigenvalue weighted by molar-refractivity contribution is 0.555. The zero-order valence-corrected chi connectivity index (χ0v) is 11.4. The first-order valence-corrected chi connectivity index (χ1v) is 7.44. The van der Waals surface area contributed by atoms with Crippen LogP contribution in [0.15, 0.2) is 24.3 Å². The molecule has 0 bridgehead atoms. The van der Waals surface area contributed by atoms with Crippen LogP contribution >= 0.6 is 0 Å². The van der Waals surface area contributed by atoms with Crippen molar-refractivity contribution in [2.24, 2.45) is 0 Å². The summed E-state index contributed by atoms with van der Waals surface area (Å²) in [5, 5.41) is 2.42. The van der Waals surface area contributed by atoms with Crippen LogP contribution in [0.4, 0.5) is 4.39 Å². The van der Waals surface area contributed by atoms with Crippen molar-refractivity contribution < 1.29 is 12.8 Å². The van der Waals surface area contributed by atoms with E-state index in [0.717, 1.165) is 0 Å². The minimum atomic E-state index is -3.43. The number of nitrogens with one attached hydrogen (secondary N) is 2. The third-order valence-corrected chi connectivity index (χ3v) is 4.41. The molecule has 18 heavy (non-hydrogen) atoms. The Balaban J connectivity index is 2.59. The van der Waals surface area contributed by atoms with Crippen LogP contribution in [0.1, 0.15) is 19.4 Å². The topological polar surface area (TPSA) is 58.2 Å². The van der Waals surface area contributed by atoms with Crippen molar-refractivity contribution >= 4 is 10.0 Å². The van der Waals surface area contributed by atoms with Crippen molar-refractivity contribution in [2.45, 2.75) is 25.6 Å². The minimum Gasteiger partial charge on any atom is -0.316 e. The van der Waals surface area contributed by atoms with Gasteiger partial charge in [-0.3, -0.25) is 0 Å². The molecule has 0 aliphatic carbocycles. The first-order chi connectivity index (χ1) is 8.47. The fraction of sp³-hybridized carbons (Fsp3) is 0.500. The summed E-state index contributed by atoms with van der Waals surface area (Å²) in [7, 11) is -3.43. The van der Waals surface area contributed by atoms with Crippen LogP contribution in [0.3, 0.4) is 0 Å². The van der Waals surface area contributed by atoms with E-state index in [-0.39, 0.29) is 6.54 Å². The summed E-state index contributed by atoms with van der Waals surface area (Å²) in [6.45, 7) is 4.60. The standard InChI is InChI=1S/C12H19FN2O2S/c1-3-14-8-10(2)18(16,17)15-9-11-6-4-5-7-12(11)13/h4-7,10,14-15H,3,8-9H2,1-2H3. The fourth-order valence-electron chi connectivity index (χ4n) is 1.42. The van der Waals surface area contributed by atoms with Gasteiger partial charge in [0.2, 0.25) is 10.0 Å². The lowest BCUT2D eigenvalue weighted by atomic mass is 10.2. The number of sulfonamides is 1. The van der Waals surface area contributed by atoms with Crippen molar-refractivity contribution in [3.8, 4) is 0 Å². The summed E-state index contributed by atoms with van der Waals surface area (Å²) in [4.78, 5) is 0. The molecule has 102 valence electrons. The number of hydrogen-bond acceptors (Lipinski definition) is 3. The molecule has 0 aliphatic rings. The molecule has 1 aromatic carbocycles. The molecule has 2 N–H and O–H groups in total. The Bertz CT molecular complexity index is 477. The van der Waals surface area contributed by atoms with Gasteiger partial charge in [-0.1, -0.05) is 25.1 Å². The molecule has 0 aliphatic heterocycles. The van der Waals surface area contributed by atoms with Crippen LogP contribution < -0.4 is 10.0 Å². The molecule has 0 fully saturated rings. The van der Waals surface area contributed by atoms with Crippen molar-refractivity contribution in [3.05, 3.63) is 35.6 Å². The highest BCUT2D eigenvalue weighted by atomic mass is 32.2. The number of benzene rings is 1. The molecular formula is C12H19FN2O2S. The quantitative estimate of drug-likeness (QED) is 0.786. The third kappa shape index (κ3) is 4.36. The molecule has 0 radical (unpaired) electrons. The van der Waals surface area contributed by atoms with E-state index in [4.69, 9.17) is 0 Å². The summed E-state index contributed by atoms with van der Waals surface area (Å²) in [6, 6.07) is 6.12. The Hall–Kier alpha value is -0.980. The van der Waals surface area contributed by atoms with E-state index in [1.54, 1.807) is 25.1 Å². The molecular weight excluding hydrogens is 255 g/mol. The van der Waals surface area contributed by atoms with Gasteiger partial charge in [0.15, 0.2) is 0 Å². The van der Waals surface area contributed by atoms with Crippen molar-refractivity contribution in [1.82, 2.24) is 10.0 Å². The summed E-state index contributed by atoms with van der Waals surface area (Å²) in [6.07, 6.45) is 0. The Morgan fingerprint density at radius 1 is 1.33 bits per heavy atom. The van der Waals surface area contributed by atoms with Gasteiger partial charge in [0, 0.05) is 18.7 Å². The van der Waals surface area contributed by atoms with Crippen molar-refractivity contribution in [1.29, 1.82) is 0 Å². The van der Waals surface area contributed by atoms with Crippen LogP contribution in [0.25, 0.3) is 0 Å². The van der Waals surface area contributed by atoms with Gasteiger partial charge in [-0.25, -0.2) is 17.5 Å². The molecule has 0 saturated heterocycles. The highest BCUT2D eigenvalue weighted by Gasteiger charge is 2.19. The summed E-state index contributed by atoms with van der Waals surface area (Å²) in [5.74, 6) is -0.403. The highest BCUT2D eigenvalue weighted by molar-refractivity contribution is 7.90. The van der Waals surface area contributed by atoms with E-state index in [9.17, 15) is 12.8 Å². The maximum Gasteiger partial charge on any atom is 0.215 e. The van der Waals surface area contributed by atoms with Gasteiger partial charge < -0.3 is 5.32 Å². The molecule has 1 aromatic rings. The zero-order valence-electron chi connectivity index (χ0n) is 10.6. The molecule has 1 rings (SSSR count). The third-order valence-electron chi connectivity index (χ3n) is 2.63. The average Bonchev–Trinajstić information content (AvgIpc) is 2.35. The van der Waals surface area contributed by atoms with Crippen LogP contribution in [0.5, 0.6) is 0 Å². The van der Waals surface area contributed by atoms with Gasteiger partial charge in [0.25, 0.3) is 0 Å². The highest BCUT2D eigenvalue weighted by Crippen LogP contribution is 2.07. The minimum absolute atomic E-state index is 0.0223. The predicted molar refractivity (Wildman–Crippen MR) is 70.2 cm³/mol. The average molecular weight is 274 g/mol. The van der Waals surface area contributed by atoms with Crippen LogP contribution in [0, 0.1) is 5.82 Å². The maximum atomic E-state index is 13.3. The van der Waals surface area contributed by atoms with E-state index in [2.05, 4.69) is 10.0 Å². The van der Waals surface area contributed by atoms with Gasteiger partial charge in [-0.05, 0) is 19.5 Å². The van der Waals surface area contributed by atoms with E-state index < -0.39 is 21.1 Å². The first-order valence-electron chi connectivity index (χ1n) is 5.90. The van der Waals surface area contributed by atoms with Crippen molar-refractivity contribution in [2.75, 3.05) is 13.1 Å². The molecule has 4 nitrogen and oxygen atoms in total. The summed E-state index contributed by atoms with van der Waals surface area (Å²) >= 11 is 0. The molecule has 0 aromatic heterocycles. The van der Waals surface area contributed by atoms with Crippen molar-refractivity contribution in [3.63, 3.8) is 0 Å². The van der Waals surface area contributed by atoms with Crippen LogP contribution in [-0.2, 0) is 16.6 Å². The van der Waals surface area contributed by atoms with Gasteiger partial charge in [0.05, 0.1) is 5.25 Å². The molecule has 0 saturated carbocycles. The molecule has 0 amide bonds. The van der Waals surface area contributed by atoms with Gasteiger partial charge >= 0.3 is 0 Å². The molecule has 0 spiro atoms. The zero-order chi connectivity index (χ0) is 13.6. The van der Waals surface area contributed by atoms with Gasteiger partial charge in [-0.15, -0.1) is 0 Å². The molecule has 1 unspecified atom stereocenters. The second-order valence-corrected chi connectivity index (χ2v) is 6.26. The second kappa shape index (κ2) is 6.82. The van der Waals surface area contributed by atoms with E-state index in [0.29, 0.717) is 18.7 Å². The molecule has 6 heteroatoms. The smallest absolute Gasteiger partial charge is 0.215 e.